The third-order valence-electron chi connectivity index (χ3n) is 2.14. The zero-order chi connectivity index (χ0) is 11.2. The molecular formula is C12H11N3S. The van der Waals surface area contributed by atoms with Crippen LogP contribution < -0.4 is 5.32 Å². The molecule has 0 atom stereocenters. The van der Waals surface area contributed by atoms with E-state index in [2.05, 4.69) is 16.4 Å². The average molecular weight is 229 g/mol. The van der Waals surface area contributed by atoms with Crippen LogP contribution in [0, 0.1) is 11.3 Å². The van der Waals surface area contributed by atoms with Gasteiger partial charge in [0.15, 0.2) is 0 Å². The van der Waals surface area contributed by atoms with E-state index in [1.165, 1.54) is 0 Å². The maximum atomic E-state index is 8.76. The fraction of sp³-hybridized carbons (Fsp3) is 0.167. The van der Waals surface area contributed by atoms with E-state index in [9.17, 15) is 0 Å². The summed E-state index contributed by atoms with van der Waals surface area (Å²) in [6.45, 7) is 1.53. The van der Waals surface area contributed by atoms with Crippen molar-refractivity contribution in [2.45, 2.75) is 13.1 Å². The normalized spacial score (nSPS) is 9.94. The standard InChI is InChI=1S/C12H11N3S/c13-7-10-2-1-3-11(6-10)8-14-9-12-15-4-5-16-12/h1-6,14H,8-9H2. The molecule has 0 amide bonds. The van der Waals surface area contributed by atoms with Gasteiger partial charge in [-0.1, -0.05) is 12.1 Å². The van der Waals surface area contributed by atoms with Crippen molar-refractivity contribution in [3.05, 3.63) is 52.0 Å². The second-order valence-corrected chi connectivity index (χ2v) is 4.32. The molecule has 80 valence electrons. The number of nitrogens with one attached hydrogen (secondary N) is 1. The lowest BCUT2D eigenvalue weighted by Gasteiger charge is -2.02. The van der Waals surface area contributed by atoms with Gasteiger partial charge in [0.2, 0.25) is 0 Å². The molecule has 0 saturated carbocycles. The quantitative estimate of drug-likeness (QED) is 0.875. The van der Waals surface area contributed by atoms with Crippen molar-refractivity contribution in [3.63, 3.8) is 0 Å². The molecule has 0 radical (unpaired) electrons. The summed E-state index contributed by atoms with van der Waals surface area (Å²) in [6.07, 6.45) is 1.80. The summed E-state index contributed by atoms with van der Waals surface area (Å²) in [7, 11) is 0. The lowest BCUT2D eigenvalue weighted by molar-refractivity contribution is 0.690. The molecule has 0 bridgehead atoms. The van der Waals surface area contributed by atoms with Gasteiger partial charge in [-0.25, -0.2) is 4.98 Å². The van der Waals surface area contributed by atoms with Crippen molar-refractivity contribution in [2.24, 2.45) is 0 Å². The molecule has 2 rings (SSSR count). The van der Waals surface area contributed by atoms with Crippen LogP contribution in [0.15, 0.2) is 35.8 Å². The first-order valence-corrected chi connectivity index (χ1v) is 5.84. The lowest BCUT2D eigenvalue weighted by Crippen LogP contribution is -2.12. The lowest BCUT2D eigenvalue weighted by atomic mass is 10.1. The molecule has 0 aliphatic carbocycles. The minimum absolute atomic E-state index is 0.702. The maximum Gasteiger partial charge on any atom is 0.106 e. The molecule has 0 fully saturated rings. The Kier molecular flexibility index (Phi) is 3.65. The molecule has 0 spiro atoms. The topological polar surface area (TPSA) is 48.7 Å². The Bertz CT molecular complexity index is 485. The minimum atomic E-state index is 0.702. The number of aromatic nitrogens is 1. The fourth-order valence-corrected chi connectivity index (χ4v) is 1.99. The summed E-state index contributed by atoms with van der Waals surface area (Å²) >= 11 is 1.64. The van der Waals surface area contributed by atoms with Gasteiger partial charge in [-0.2, -0.15) is 5.26 Å². The number of rotatable bonds is 4. The molecule has 0 aliphatic rings. The predicted molar refractivity (Wildman–Crippen MR) is 63.8 cm³/mol. The summed E-state index contributed by atoms with van der Waals surface area (Å²) < 4.78 is 0. The van der Waals surface area contributed by atoms with Gasteiger partial charge >= 0.3 is 0 Å². The third-order valence-corrected chi connectivity index (χ3v) is 2.92. The van der Waals surface area contributed by atoms with Crippen molar-refractivity contribution in [2.75, 3.05) is 0 Å². The fourth-order valence-electron chi connectivity index (χ4n) is 1.40. The minimum Gasteiger partial charge on any atom is -0.306 e. The monoisotopic (exact) mass is 229 g/mol. The Hall–Kier alpha value is -1.70. The van der Waals surface area contributed by atoms with E-state index in [0.29, 0.717) is 5.56 Å². The Labute approximate surface area is 98.4 Å². The highest BCUT2D eigenvalue weighted by Gasteiger charge is 1.97. The van der Waals surface area contributed by atoms with E-state index >= 15 is 0 Å². The molecule has 1 N–H and O–H groups in total. The summed E-state index contributed by atoms with van der Waals surface area (Å²) in [6, 6.07) is 9.75. The highest BCUT2D eigenvalue weighted by molar-refractivity contribution is 7.09. The van der Waals surface area contributed by atoms with Crippen molar-refractivity contribution in [3.8, 4) is 6.07 Å². The van der Waals surface area contributed by atoms with Gasteiger partial charge in [0, 0.05) is 24.7 Å². The Balaban J connectivity index is 1.88. The summed E-state index contributed by atoms with van der Waals surface area (Å²) in [5.74, 6) is 0. The summed E-state index contributed by atoms with van der Waals surface area (Å²) in [4.78, 5) is 4.18. The van der Waals surface area contributed by atoms with E-state index in [-0.39, 0.29) is 0 Å². The van der Waals surface area contributed by atoms with E-state index in [1.807, 2.05) is 29.6 Å². The third kappa shape index (κ3) is 2.89. The number of nitrogens with zero attached hydrogens (tertiary/aromatic N) is 2. The van der Waals surface area contributed by atoms with Crippen LogP contribution in [0.3, 0.4) is 0 Å². The van der Waals surface area contributed by atoms with Gasteiger partial charge in [0.1, 0.15) is 5.01 Å². The van der Waals surface area contributed by atoms with Crippen LogP contribution in [0.25, 0.3) is 0 Å². The molecule has 0 aliphatic heterocycles. The summed E-state index contributed by atoms with van der Waals surface area (Å²) in [5.41, 5.74) is 1.82. The van der Waals surface area contributed by atoms with Gasteiger partial charge in [-0.05, 0) is 17.7 Å². The van der Waals surface area contributed by atoms with Crippen molar-refractivity contribution < 1.29 is 0 Å². The molecule has 2 aromatic rings. The molecule has 0 unspecified atom stereocenters. The van der Waals surface area contributed by atoms with E-state index in [0.717, 1.165) is 23.7 Å². The zero-order valence-electron chi connectivity index (χ0n) is 8.68. The first-order chi connectivity index (χ1) is 7.88. The molecule has 1 aromatic carbocycles. The van der Waals surface area contributed by atoms with Crippen LogP contribution >= 0.6 is 11.3 Å². The Morgan fingerprint density at radius 2 is 2.31 bits per heavy atom. The van der Waals surface area contributed by atoms with E-state index in [4.69, 9.17) is 5.26 Å². The second-order valence-electron chi connectivity index (χ2n) is 3.34. The smallest absolute Gasteiger partial charge is 0.106 e. The molecule has 3 nitrogen and oxygen atoms in total. The average Bonchev–Trinajstić information content (AvgIpc) is 2.82. The van der Waals surface area contributed by atoms with Crippen LogP contribution in [0.5, 0.6) is 0 Å². The van der Waals surface area contributed by atoms with Gasteiger partial charge in [0.05, 0.1) is 11.6 Å². The maximum absolute atomic E-state index is 8.76. The molecule has 0 saturated heterocycles. The zero-order valence-corrected chi connectivity index (χ0v) is 9.50. The highest BCUT2D eigenvalue weighted by atomic mass is 32.1. The van der Waals surface area contributed by atoms with E-state index in [1.54, 1.807) is 17.5 Å². The van der Waals surface area contributed by atoms with Gasteiger partial charge in [0.25, 0.3) is 0 Å². The summed E-state index contributed by atoms with van der Waals surface area (Å²) in [5, 5.41) is 15.1. The number of hydrogen-bond acceptors (Lipinski definition) is 4. The SMILES string of the molecule is N#Cc1cccc(CNCc2nccs2)c1. The second kappa shape index (κ2) is 5.40. The number of nitriles is 1. The molecule has 1 heterocycles. The van der Waals surface area contributed by atoms with Crippen LogP contribution in [-0.4, -0.2) is 4.98 Å². The van der Waals surface area contributed by atoms with Crippen LogP contribution in [0.4, 0.5) is 0 Å². The Morgan fingerprint density at radius 3 is 3.06 bits per heavy atom. The Morgan fingerprint density at radius 1 is 1.38 bits per heavy atom. The van der Waals surface area contributed by atoms with E-state index < -0.39 is 0 Å². The molecule has 4 heteroatoms. The highest BCUT2D eigenvalue weighted by Crippen LogP contribution is 2.06. The van der Waals surface area contributed by atoms with Gasteiger partial charge < -0.3 is 5.32 Å². The van der Waals surface area contributed by atoms with Crippen molar-refractivity contribution >= 4 is 11.3 Å². The van der Waals surface area contributed by atoms with Crippen molar-refractivity contribution in [1.82, 2.24) is 10.3 Å². The van der Waals surface area contributed by atoms with Gasteiger partial charge in [-0.3, -0.25) is 0 Å². The number of benzene rings is 1. The van der Waals surface area contributed by atoms with Crippen LogP contribution in [-0.2, 0) is 13.1 Å². The van der Waals surface area contributed by atoms with Crippen molar-refractivity contribution in [1.29, 1.82) is 5.26 Å². The van der Waals surface area contributed by atoms with Crippen LogP contribution in [0.1, 0.15) is 16.1 Å². The van der Waals surface area contributed by atoms with Gasteiger partial charge in [-0.15, -0.1) is 11.3 Å². The predicted octanol–water partition coefficient (Wildman–Crippen LogP) is 2.30. The largest absolute Gasteiger partial charge is 0.306 e. The first kappa shape index (κ1) is 10.8. The number of thiazole rings is 1. The number of hydrogen-bond donors (Lipinski definition) is 1. The van der Waals surface area contributed by atoms with Crippen LogP contribution in [0.2, 0.25) is 0 Å². The molecule has 1 aromatic heterocycles. The first-order valence-electron chi connectivity index (χ1n) is 4.96. The molecule has 16 heavy (non-hydrogen) atoms. The molecular weight excluding hydrogens is 218 g/mol.